The zero-order chi connectivity index (χ0) is 15.7. The number of anilines is 2. The van der Waals surface area contributed by atoms with Crippen molar-refractivity contribution in [2.24, 2.45) is 0 Å². The lowest BCUT2D eigenvalue weighted by atomic mass is 10.1. The average molecular weight is 290 g/mol. The van der Waals surface area contributed by atoms with Gasteiger partial charge in [0.05, 0.1) is 17.9 Å². The highest BCUT2D eigenvalue weighted by molar-refractivity contribution is 6.05. The van der Waals surface area contributed by atoms with E-state index in [4.69, 9.17) is 5.73 Å². The largest absolute Gasteiger partial charge is 0.397 e. The topological polar surface area (TPSA) is 95.7 Å². The summed E-state index contributed by atoms with van der Waals surface area (Å²) in [7, 11) is 3.30. The lowest BCUT2D eigenvalue weighted by Gasteiger charge is -2.34. The van der Waals surface area contributed by atoms with Crippen LogP contribution in [-0.2, 0) is 9.59 Å². The van der Waals surface area contributed by atoms with Crippen LogP contribution in [0.3, 0.4) is 0 Å². The Morgan fingerprint density at radius 1 is 1.38 bits per heavy atom. The molecule has 1 atom stereocenters. The number of piperazine rings is 1. The van der Waals surface area contributed by atoms with E-state index in [0.717, 1.165) is 0 Å². The number of nitrogens with two attached hydrogens (primary N) is 1. The molecule has 1 saturated heterocycles. The maximum Gasteiger partial charge on any atom is 0.253 e. The van der Waals surface area contributed by atoms with E-state index in [1.807, 2.05) is 0 Å². The quantitative estimate of drug-likeness (QED) is 0.582. The van der Waals surface area contributed by atoms with Crippen molar-refractivity contribution >= 4 is 29.1 Å². The first-order valence-electron chi connectivity index (χ1n) is 6.52. The summed E-state index contributed by atoms with van der Waals surface area (Å²) in [5.74, 6) is -0.937. The van der Waals surface area contributed by atoms with E-state index in [9.17, 15) is 14.4 Å². The van der Waals surface area contributed by atoms with Crippen molar-refractivity contribution in [2.75, 3.05) is 31.3 Å². The van der Waals surface area contributed by atoms with E-state index < -0.39 is 6.04 Å². The number of carbonyl (C=O) groups is 3. The van der Waals surface area contributed by atoms with Crippen molar-refractivity contribution < 1.29 is 14.4 Å². The first-order chi connectivity index (χ1) is 9.81. The normalized spacial score (nSPS) is 18.4. The molecule has 7 nitrogen and oxygen atoms in total. The molecule has 21 heavy (non-hydrogen) atoms. The van der Waals surface area contributed by atoms with Gasteiger partial charge in [-0.25, -0.2) is 0 Å². The van der Waals surface area contributed by atoms with Crippen molar-refractivity contribution in [1.29, 1.82) is 0 Å². The van der Waals surface area contributed by atoms with E-state index in [1.54, 1.807) is 44.1 Å². The first kappa shape index (κ1) is 14.8. The van der Waals surface area contributed by atoms with Gasteiger partial charge in [-0.1, -0.05) is 0 Å². The molecule has 1 aromatic rings. The number of carbonyl (C=O) groups excluding carboxylic acids is 3. The molecule has 1 unspecified atom stereocenters. The van der Waals surface area contributed by atoms with Gasteiger partial charge in [-0.2, -0.15) is 0 Å². The Hall–Kier alpha value is -2.57. The molecule has 0 radical (unpaired) electrons. The summed E-state index contributed by atoms with van der Waals surface area (Å²) < 4.78 is 0. The third-order valence-electron chi connectivity index (χ3n) is 3.42. The average Bonchev–Trinajstić information content (AvgIpc) is 2.42. The molecule has 1 aliphatic heterocycles. The van der Waals surface area contributed by atoms with Gasteiger partial charge in [0, 0.05) is 19.7 Å². The Morgan fingerprint density at radius 2 is 2.05 bits per heavy atom. The number of benzene rings is 1. The molecule has 1 aliphatic rings. The number of amides is 3. The van der Waals surface area contributed by atoms with Gasteiger partial charge < -0.3 is 15.5 Å². The van der Waals surface area contributed by atoms with Gasteiger partial charge in [0.15, 0.2) is 0 Å². The molecule has 0 bridgehead atoms. The molecule has 2 rings (SSSR count). The molecule has 1 fully saturated rings. The van der Waals surface area contributed by atoms with Crippen LogP contribution in [0.1, 0.15) is 17.3 Å². The van der Waals surface area contributed by atoms with Gasteiger partial charge in [0.2, 0.25) is 11.8 Å². The van der Waals surface area contributed by atoms with Gasteiger partial charge in [-0.3, -0.25) is 19.7 Å². The van der Waals surface area contributed by atoms with Crippen molar-refractivity contribution in [2.45, 2.75) is 13.0 Å². The fourth-order valence-corrected chi connectivity index (χ4v) is 2.19. The lowest BCUT2D eigenvalue weighted by Crippen LogP contribution is -2.57. The maximum absolute atomic E-state index is 12.0. The number of hydrogen-bond donors (Lipinski definition) is 2. The minimum Gasteiger partial charge on any atom is -0.397 e. The Balaban J connectivity index is 2.42. The highest BCUT2D eigenvalue weighted by Crippen LogP contribution is 2.27. The number of hydrogen-bond acceptors (Lipinski definition) is 5. The number of rotatable bonds is 2. The number of nitrogens with one attached hydrogen (secondary N) is 1. The van der Waals surface area contributed by atoms with Crippen LogP contribution in [0.4, 0.5) is 11.4 Å². The molecule has 0 aromatic heterocycles. The number of imide groups is 1. The Bertz CT molecular complexity index is 612. The minimum absolute atomic E-state index is 0.0245. The predicted molar refractivity (Wildman–Crippen MR) is 78.8 cm³/mol. The summed E-state index contributed by atoms with van der Waals surface area (Å²) in [5.41, 5.74) is 7.32. The van der Waals surface area contributed by atoms with Crippen molar-refractivity contribution in [1.82, 2.24) is 10.2 Å². The van der Waals surface area contributed by atoms with Gasteiger partial charge in [0.25, 0.3) is 5.91 Å². The molecule has 3 N–H and O–H groups in total. The van der Waals surface area contributed by atoms with Gasteiger partial charge in [-0.15, -0.1) is 0 Å². The summed E-state index contributed by atoms with van der Waals surface area (Å²) in [4.78, 5) is 38.4. The highest BCUT2D eigenvalue weighted by Gasteiger charge is 2.31. The molecule has 112 valence electrons. The second kappa shape index (κ2) is 5.43. The molecule has 1 heterocycles. The van der Waals surface area contributed by atoms with E-state index in [0.29, 0.717) is 16.9 Å². The summed E-state index contributed by atoms with van der Waals surface area (Å²) in [6.07, 6.45) is 0. The van der Waals surface area contributed by atoms with Crippen LogP contribution in [0.5, 0.6) is 0 Å². The summed E-state index contributed by atoms with van der Waals surface area (Å²) in [6.45, 7) is 1.71. The van der Waals surface area contributed by atoms with E-state index in [-0.39, 0.29) is 24.3 Å². The molecular formula is C14H18N4O3. The van der Waals surface area contributed by atoms with Crippen LogP contribution in [0.25, 0.3) is 0 Å². The van der Waals surface area contributed by atoms with Crippen LogP contribution in [0.15, 0.2) is 18.2 Å². The van der Waals surface area contributed by atoms with Gasteiger partial charge in [-0.05, 0) is 25.1 Å². The zero-order valence-electron chi connectivity index (χ0n) is 12.2. The van der Waals surface area contributed by atoms with E-state index >= 15 is 0 Å². The maximum atomic E-state index is 12.0. The highest BCUT2D eigenvalue weighted by atomic mass is 16.2. The molecular weight excluding hydrogens is 272 g/mol. The number of nitrogen functional groups attached to an aromatic ring is 1. The van der Waals surface area contributed by atoms with Crippen molar-refractivity contribution in [3.05, 3.63) is 23.8 Å². The molecule has 0 saturated carbocycles. The third-order valence-corrected chi connectivity index (χ3v) is 3.42. The fraction of sp³-hybridized carbons (Fsp3) is 0.357. The van der Waals surface area contributed by atoms with Crippen LogP contribution in [-0.4, -0.2) is 49.3 Å². The van der Waals surface area contributed by atoms with Crippen LogP contribution >= 0.6 is 0 Å². The molecule has 0 spiro atoms. The summed E-state index contributed by atoms with van der Waals surface area (Å²) in [5, 5.41) is 2.27. The van der Waals surface area contributed by atoms with Crippen molar-refractivity contribution in [3.8, 4) is 0 Å². The lowest BCUT2D eigenvalue weighted by molar-refractivity contribution is -0.132. The summed E-state index contributed by atoms with van der Waals surface area (Å²) >= 11 is 0. The molecule has 3 amide bonds. The smallest absolute Gasteiger partial charge is 0.253 e. The minimum atomic E-state index is -0.533. The first-order valence-corrected chi connectivity index (χ1v) is 6.52. The molecule has 1 aromatic carbocycles. The monoisotopic (exact) mass is 290 g/mol. The zero-order valence-corrected chi connectivity index (χ0v) is 12.2. The Labute approximate surface area is 122 Å². The predicted octanol–water partition coefficient (Wildman–Crippen LogP) is -0.178. The molecule has 7 heteroatoms. The van der Waals surface area contributed by atoms with Crippen LogP contribution < -0.4 is 16.0 Å². The van der Waals surface area contributed by atoms with Crippen LogP contribution in [0, 0.1) is 0 Å². The van der Waals surface area contributed by atoms with Crippen LogP contribution in [0.2, 0.25) is 0 Å². The van der Waals surface area contributed by atoms with E-state index in [2.05, 4.69) is 5.32 Å². The Kier molecular flexibility index (Phi) is 3.84. The second-order valence-electron chi connectivity index (χ2n) is 5.19. The fourth-order valence-electron chi connectivity index (χ4n) is 2.19. The third kappa shape index (κ3) is 2.81. The van der Waals surface area contributed by atoms with Gasteiger partial charge >= 0.3 is 0 Å². The van der Waals surface area contributed by atoms with E-state index in [1.165, 1.54) is 4.90 Å². The van der Waals surface area contributed by atoms with Crippen molar-refractivity contribution in [3.63, 3.8) is 0 Å². The standard InChI is InChI=1S/C14H18N4O3/c1-8-13(20)16-12(19)7-18(8)11-6-9(4-5-10(11)15)14(21)17(2)3/h4-6,8H,7,15H2,1-3H3,(H,16,19,20). The second-order valence-corrected chi connectivity index (χ2v) is 5.19. The van der Waals surface area contributed by atoms with Gasteiger partial charge in [0.1, 0.15) is 6.04 Å². The number of nitrogens with zero attached hydrogens (tertiary/aromatic N) is 2. The Morgan fingerprint density at radius 3 is 2.67 bits per heavy atom. The SMILES string of the molecule is CC1C(=O)NC(=O)CN1c1cc(C(=O)N(C)C)ccc1N. The molecule has 0 aliphatic carbocycles. The summed E-state index contributed by atoms with van der Waals surface area (Å²) in [6, 6.07) is 4.31.